The Kier molecular flexibility index (Phi) is 6.13. The van der Waals surface area contributed by atoms with E-state index in [0.717, 1.165) is 36.6 Å². The van der Waals surface area contributed by atoms with Crippen molar-refractivity contribution in [2.75, 3.05) is 25.0 Å². The average Bonchev–Trinajstić information content (AvgIpc) is 3.10. The Bertz CT molecular complexity index is 908. The molecule has 0 bridgehead atoms. The summed E-state index contributed by atoms with van der Waals surface area (Å²) in [6, 6.07) is 16.0. The minimum atomic E-state index is -3.25. The van der Waals surface area contributed by atoms with Gasteiger partial charge in [-0.15, -0.1) is 0 Å². The molecule has 3 rings (SSSR count). The van der Waals surface area contributed by atoms with Crippen LogP contribution in [0.2, 0.25) is 0 Å². The van der Waals surface area contributed by atoms with Gasteiger partial charge in [-0.2, -0.15) is 0 Å². The molecular weight excluding hydrogens is 360 g/mol. The molecule has 0 saturated carbocycles. The number of anilines is 1. The summed E-state index contributed by atoms with van der Waals surface area (Å²) in [5.74, 6) is 0.865. The lowest BCUT2D eigenvalue weighted by Gasteiger charge is -2.22. The lowest BCUT2D eigenvalue weighted by atomic mass is 10.1. The van der Waals surface area contributed by atoms with Crippen molar-refractivity contribution < 1.29 is 8.42 Å². The van der Waals surface area contributed by atoms with Crippen molar-refractivity contribution in [2.45, 2.75) is 25.6 Å². The second-order valence-corrected chi connectivity index (χ2v) is 8.41. The van der Waals surface area contributed by atoms with Gasteiger partial charge in [0.1, 0.15) is 0 Å². The zero-order valence-corrected chi connectivity index (χ0v) is 16.6. The van der Waals surface area contributed by atoms with Crippen LogP contribution >= 0.6 is 0 Å². The third-order valence-electron chi connectivity index (χ3n) is 4.58. The molecule has 0 spiro atoms. The van der Waals surface area contributed by atoms with Gasteiger partial charge in [0.25, 0.3) is 0 Å². The van der Waals surface area contributed by atoms with E-state index in [2.05, 4.69) is 46.1 Å². The van der Waals surface area contributed by atoms with Gasteiger partial charge in [-0.05, 0) is 43.1 Å². The molecule has 0 aromatic heterocycles. The highest BCUT2D eigenvalue weighted by atomic mass is 32.2. The van der Waals surface area contributed by atoms with Crippen molar-refractivity contribution >= 4 is 21.7 Å². The Labute approximate surface area is 161 Å². The monoisotopic (exact) mass is 386 g/mol. The van der Waals surface area contributed by atoms with Crippen LogP contribution in [0.3, 0.4) is 0 Å². The Morgan fingerprint density at radius 1 is 1.11 bits per heavy atom. The molecule has 0 unspecified atom stereocenters. The van der Waals surface area contributed by atoms with Gasteiger partial charge < -0.3 is 10.2 Å². The van der Waals surface area contributed by atoms with E-state index < -0.39 is 10.0 Å². The Hall–Kier alpha value is -2.38. The van der Waals surface area contributed by atoms with E-state index >= 15 is 0 Å². The first-order chi connectivity index (χ1) is 13.0. The number of para-hydroxylation sites is 1. The first-order valence-corrected chi connectivity index (χ1v) is 10.8. The van der Waals surface area contributed by atoms with Crippen LogP contribution in [0, 0.1) is 0 Å². The second kappa shape index (κ2) is 8.54. The molecule has 0 aliphatic carbocycles. The topological polar surface area (TPSA) is 73.8 Å². The van der Waals surface area contributed by atoms with Crippen LogP contribution in [0.25, 0.3) is 0 Å². The number of hydrogen-bond acceptors (Lipinski definition) is 3. The van der Waals surface area contributed by atoms with Crippen molar-refractivity contribution in [1.82, 2.24) is 10.0 Å². The SMILES string of the molecule is CCNC(=NCc1ccc(CS(=O)(=O)NC)cc1)N1CCc2ccccc21. The summed E-state index contributed by atoms with van der Waals surface area (Å²) in [5.41, 5.74) is 4.36. The van der Waals surface area contributed by atoms with Gasteiger partial charge in [0.15, 0.2) is 5.96 Å². The first kappa shape index (κ1) is 19.4. The summed E-state index contributed by atoms with van der Waals surface area (Å²) in [6.45, 7) is 4.33. The fraction of sp³-hybridized carbons (Fsp3) is 0.350. The number of benzene rings is 2. The third-order valence-corrected chi connectivity index (χ3v) is 5.92. The van der Waals surface area contributed by atoms with E-state index in [4.69, 9.17) is 4.99 Å². The molecule has 2 aromatic carbocycles. The minimum Gasteiger partial charge on any atom is -0.356 e. The van der Waals surface area contributed by atoms with Crippen molar-refractivity contribution in [3.05, 3.63) is 65.2 Å². The predicted octanol–water partition coefficient (Wildman–Crippen LogP) is 2.26. The van der Waals surface area contributed by atoms with Gasteiger partial charge in [-0.1, -0.05) is 42.5 Å². The number of aliphatic imine (C=N–C) groups is 1. The molecule has 1 aliphatic rings. The summed E-state index contributed by atoms with van der Waals surface area (Å²) in [4.78, 5) is 7.01. The average molecular weight is 387 g/mol. The Morgan fingerprint density at radius 3 is 2.52 bits per heavy atom. The summed E-state index contributed by atoms with van der Waals surface area (Å²) in [6.07, 6.45) is 1.02. The summed E-state index contributed by atoms with van der Waals surface area (Å²) in [7, 11) is -1.82. The molecule has 27 heavy (non-hydrogen) atoms. The lowest BCUT2D eigenvalue weighted by Crippen LogP contribution is -2.40. The predicted molar refractivity (Wildman–Crippen MR) is 110 cm³/mol. The largest absolute Gasteiger partial charge is 0.356 e. The van der Waals surface area contributed by atoms with E-state index in [0.29, 0.717) is 6.54 Å². The van der Waals surface area contributed by atoms with Crippen LogP contribution < -0.4 is 14.9 Å². The molecule has 0 saturated heterocycles. The normalized spacial score (nSPS) is 14.3. The highest BCUT2D eigenvalue weighted by Gasteiger charge is 2.22. The number of nitrogens with one attached hydrogen (secondary N) is 2. The van der Waals surface area contributed by atoms with Gasteiger partial charge >= 0.3 is 0 Å². The van der Waals surface area contributed by atoms with Crippen LogP contribution in [-0.2, 0) is 28.7 Å². The van der Waals surface area contributed by atoms with E-state index in [1.165, 1.54) is 18.3 Å². The zero-order chi connectivity index (χ0) is 19.3. The molecule has 1 aliphatic heterocycles. The number of rotatable bonds is 6. The number of sulfonamides is 1. The van der Waals surface area contributed by atoms with Crippen molar-refractivity contribution in [3.63, 3.8) is 0 Å². The summed E-state index contributed by atoms with van der Waals surface area (Å²) >= 11 is 0. The van der Waals surface area contributed by atoms with Crippen molar-refractivity contribution in [2.24, 2.45) is 4.99 Å². The van der Waals surface area contributed by atoms with Crippen LogP contribution in [0.1, 0.15) is 23.6 Å². The van der Waals surface area contributed by atoms with Crippen molar-refractivity contribution in [3.8, 4) is 0 Å². The standard InChI is InChI=1S/C20H26N4O2S/c1-3-22-20(24-13-12-18-6-4-5-7-19(18)24)23-14-16-8-10-17(11-9-16)15-27(25,26)21-2/h4-11,21H,3,12-15H2,1-2H3,(H,22,23). The van der Waals surface area contributed by atoms with Crippen molar-refractivity contribution in [1.29, 1.82) is 0 Å². The maximum Gasteiger partial charge on any atom is 0.215 e. The number of fused-ring (bicyclic) bond motifs is 1. The lowest BCUT2D eigenvalue weighted by molar-refractivity contribution is 0.587. The molecule has 144 valence electrons. The highest BCUT2D eigenvalue weighted by Crippen LogP contribution is 2.27. The minimum absolute atomic E-state index is 0.0136. The molecule has 2 N–H and O–H groups in total. The van der Waals surface area contributed by atoms with Gasteiger partial charge in [0.05, 0.1) is 12.3 Å². The Morgan fingerprint density at radius 2 is 1.81 bits per heavy atom. The van der Waals surface area contributed by atoms with E-state index in [1.54, 1.807) is 0 Å². The van der Waals surface area contributed by atoms with Gasteiger partial charge in [-0.25, -0.2) is 18.1 Å². The molecule has 2 aromatic rings. The van der Waals surface area contributed by atoms with Gasteiger partial charge in [0, 0.05) is 18.8 Å². The fourth-order valence-corrected chi connectivity index (χ4v) is 3.93. The molecule has 0 radical (unpaired) electrons. The number of guanidine groups is 1. The van der Waals surface area contributed by atoms with E-state index in [-0.39, 0.29) is 5.75 Å². The molecule has 0 fully saturated rings. The molecule has 0 amide bonds. The number of nitrogens with zero attached hydrogens (tertiary/aromatic N) is 2. The van der Waals surface area contributed by atoms with Crippen LogP contribution in [0.15, 0.2) is 53.5 Å². The quantitative estimate of drug-likeness (QED) is 0.590. The van der Waals surface area contributed by atoms with E-state index in [9.17, 15) is 8.42 Å². The molecule has 1 heterocycles. The second-order valence-electron chi connectivity index (χ2n) is 6.48. The zero-order valence-electron chi connectivity index (χ0n) is 15.8. The maximum atomic E-state index is 11.6. The highest BCUT2D eigenvalue weighted by molar-refractivity contribution is 7.88. The smallest absolute Gasteiger partial charge is 0.215 e. The molecular formula is C20H26N4O2S. The molecule has 7 heteroatoms. The van der Waals surface area contributed by atoms with Crippen LogP contribution in [-0.4, -0.2) is 34.5 Å². The first-order valence-electron chi connectivity index (χ1n) is 9.15. The molecule has 0 atom stereocenters. The van der Waals surface area contributed by atoms with Gasteiger partial charge in [-0.3, -0.25) is 0 Å². The summed E-state index contributed by atoms with van der Waals surface area (Å²) < 4.78 is 25.6. The van der Waals surface area contributed by atoms with Gasteiger partial charge in [0.2, 0.25) is 10.0 Å². The van der Waals surface area contributed by atoms with Crippen LogP contribution in [0.5, 0.6) is 0 Å². The number of hydrogen-bond donors (Lipinski definition) is 2. The van der Waals surface area contributed by atoms with Crippen LogP contribution in [0.4, 0.5) is 5.69 Å². The molecule has 6 nitrogen and oxygen atoms in total. The maximum absolute atomic E-state index is 11.6. The summed E-state index contributed by atoms with van der Waals surface area (Å²) in [5, 5.41) is 3.37. The van der Waals surface area contributed by atoms with E-state index in [1.807, 2.05) is 24.3 Å². The Balaban J connectivity index is 1.73. The third kappa shape index (κ3) is 4.87. The fourth-order valence-electron chi connectivity index (χ4n) is 3.15.